The zero-order chi connectivity index (χ0) is 27.3. The molecular formula is C24H32F3N5O5. The maximum Gasteiger partial charge on any atom is 0.471 e. The summed E-state index contributed by atoms with van der Waals surface area (Å²) in [5, 5.41) is 16.8. The van der Waals surface area contributed by atoms with Crippen molar-refractivity contribution in [3.63, 3.8) is 0 Å². The van der Waals surface area contributed by atoms with Crippen LogP contribution in [0.5, 0.6) is 0 Å². The summed E-state index contributed by atoms with van der Waals surface area (Å²) in [6.45, 7) is 4.58. The molecule has 2 heterocycles. The highest BCUT2D eigenvalue weighted by atomic mass is 19.4. The third-order valence-electron chi connectivity index (χ3n) is 8.61. The van der Waals surface area contributed by atoms with Crippen LogP contribution in [0.2, 0.25) is 0 Å². The molecule has 2 saturated carbocycles. The molecule has 2 aliphatic carbocycles. The van der Waals surface area contributed by atoms with Crippen LogP contribution in [0.1, 0.15) is 46.0 Å². The van der Waals surface area contributed by atoms with Crippen molar-refractivity contribution in [1.29, 1.82) is 5.26 Å². The third-order valence-corrected chi connectivity index (χ3v) is 8.61. The molecule has 13 heteroatoms. The van der Waals surface area contributed by atoms with Gasteiger partial charge in [-0.2, -0.15) is 18.4 Å². The van der Waals surface area contributed by atoms with Gasteiger partial charge in [-0.05, 0) is 49.4 Å². The minimum absolute atomic E-state index is 0.0616. The second-order valence-electron chi connectivity index (χ2n) is 11.1. The predicted octanol–water partition coefficient (Wildman–Crippen LogP) is 0.620. The number of amides is 4. The lowest BCUT2D eigenvalue weighted by molar-refractivity contribution is -0.177. The lowest BCUT2D eigenvalue weighted by atomic mass is 9.91. The van der Waals surface area contributed by atoms with E-state index >= 15 is 0 Å². The van der Waals surface area contributed by atoms with Gasteiger partial charge in [0.2, 0.25) is 17.7 Å². The molecule has 4 rings (SSSR count). The highest BCUT2D eigenvalue weighted by molar-refractivity contribution is 5.95. The molecule has 0 aromatic rings. The van der Waals surface area contributed by atoms with E-state index in [1.54, 1.807) is 5.32 Å². The molecule has 2 aliphatic heterocycles. The summed E-state index contributed by atoms with van der Waals surface area (Å²) >= 11 is 0. The van der Waals surface area contributed by atoms with E-state index in [1.165, 1.54) is 12.0 Å². The van der Waals surface area contributed by atoms with Crippen LogP contribution in [0.4, 0.5) is 13.2 Å². The largest absolute Gasteiger partial charge is 0.471 e. The molecule has 0 spiro atoms. The zero-order valence-electron chi connectivity index (χ0n) is 21.0. The van der Waals surface area contributed by atoms with E-state index < -0.39 is 53.5 Å². The van der Waals surface area contributed by atoms with E-state index in [1.807, 2.05) is 19.9 Å². The Kier molecular flexibility index (Phi) is 6.94. The average molecular weight is 528 g/mol. The molecule has 2 saturated heterocycles. The van der Waals surface area contributed by atoms with Crippen molar-refractivity contribution >= 4 is 23.6 Å². The van der Waals surface area contributed by atoms with E-state index in [9.17, 15) is 37.6 Å². The number of nitriles is 1. The van der Waals surface area contributed by atoms with Gasteiger partial charge in [-0.25, -0.2) is 0 Å². The van der Waals surface area contributed by atoms with Crippen molar-refractivity contribution in [1.82, 2.24) is 20.9 Å². The van der Waals surface area contributed by atoms with E-state index in [0.29, 0.717) is 13.0 Å². The van der Waals surface area contributed by atoms with Crippen molar-refractivity contribution in [2.75, 3.05) is 20.2 Å². The van der Waals surface area contributed by atoms with Gasteiger partial charge >= 0.3 is 12.1 Å². The van der Waals surface area contributed by atoms with E-state index in [-0.39, 0.29) is 49.0 Å². The van der Waals surface area contributed by atoms with Gasteiger partial charge in [0.1, 0.15) is 18.1 Å². The number of fused-ring (bicyclic) bond motifs is 1. The lowest BCUT2D eigenvalue weighted by Gasteiger charge is -2.36. The standard InChI is InChI=1S/C24H32F3N5O5/c1-22(2)14-11-32(20(35)17(23(37-3)6-7-23)31-21(36)24(25,26)27)16(15(14)22)19(34)30-13(10-28)9-12-5-4-8-29-18(12)33/h12-17H,4-9,11H2,1-3H3,(H,29,33)(H,30,34)(H,31,36). The average Bonchev–Trinajstić information content (AvgIpc) is 3.67. The molecule has 0 bridgehead atoms. The maximum absolute atomic E-state index is 13.6. The van der Waals surface area contributed by atoms with Crippen molar-refractivity contribution in [3.8, 4) is 6.07 Å². The Bertz CT molecular complexity index is 1020. The highest BCUT2D eigenvalue weighted by Gasteiger charge is 2.70. The Labute approximate surface area is 212 Å². The summed E-state index contributed by atoms with van der Waals surface area (Å²) in [6, 6.07) is -1.61. The van der Waals surface area contributed by atoms with E-state index in [2.05, 4.69) is 10.6 Å². The number of halogens is 3. The van der Waals surface area contributed by atoms with Crippen LogP contribution in [0.3, 0.4) is 0 Å². The molecule has 0 aromatic heterocycles. The molecule has 6 unspecified atom stereocenters. The number of piperidine rings is 2. The van der Waals surface area contributed by atoms with Crippen LogP contribution in [-0.4, -0.2) is 78.6 Å². The zero-order valence-corrected chi connectivity index (χ0v) is 21.0. The number of likely N-dealkylation sites (tertiary alicyclic amines) is 1. The van der Waals surface area contributed by atoms with Crippen LogP contribution < -0.4 is 16.0 Å². The Morgan fingerprint density at radius 2 is 1.95 bits per heavy atom. The molecule has 37 heavy (non-hydrogen) atoms. The monoisotopic (exact) mass is 527 g/mol. The minimum Gasteiger partial charge on any atom is -0.376 e. The number of alkyl halides is 3. The van der Waals surface area contributed by atoms with E-state index in [4.69, 9.17) is 4.74 Å². The van der Waals surface area contributed by atoms with Crippen LogP contribution >= 0.6 is 0 Å². The SMILES string of the molecule is COC1(C(NC(=O)C(F)(F)F)C(=O)N2CC3C(C2C(=O)NC(C#N)CC2CCCNC2=O)C3(C)C)CC1. The second-order valence-corrected chi connectivity index (χ2v) is 11.1. The van der Waals surface area contributed by atoms with Gasteiger partial charge in [0, 0.05) is 26.1 Å². The Balaban J connectivity index is 1.53. The smallest absolute Gasteiger partial charge is 0.376 e. The van der Waals surface area contributed by atoms with Gasteiger partial charge in [-0.15, -0.1) is 0 Å². The number of carbonyl (C=O) groups is 4. The summed E-state index contributed by atoms with van der Waals surface area (Å²) in [4.78, 5) is 52.2. The Hall–Kier alpha value is -2.88. The van der Waals surface area contributed by atoms with Gasteiger partial charge < -0.3 is 25.6 Å². The van der Waals surface area contributed by atoms with E-state index in [0.717, 1.165) is 6.42 Å². The Morgan fingerprint density at radius 1 is 1.27 bits per heavy atom. The van der Waals surface area contributed by atoms with Crippen molar-refractivity contribution in [3.05, 3.63) is 0 Å². The van der Waals surface area contributed by atoms with Crippen LogP contribution in [0, 0.1) is 34.5 Å². The number of methoxy groups -OCH3 is 1. The molecule has 4 amide bonds. The fourth-order valence-corrected chi connectivity index (χ4v) is 6.09. The normalized spacial score (nSPS) is 30.7. The number of hydrogen-bond acceptors (Lipinski definition) is 6. The number of rotatable bonds is 8. The van der Waals surface area contributed by atoms with Gasteiger partial charge in [0.15, 0.2) is 0 Å². The Morgan fingerprint density at radius 3 is 2.49 bits per heavy atom. The van der Waals surface area contributed by atoms with Crippen molar-refractivity contribution in [2.45, 2.75) is 75.9 Å². The van der Waals surface area contributed by atoms with Crippen molar-refractivity contribution < 1.29 is 37.1 Å². The second kappa shape index (κ2) is 9.45. The summed E-state index contributed by atoms with van der Waals surface area (Å²) in [5.74, 6) is -4.60. The first-order valence-electron chi connectivity index (χ1n) is 12.5. The number of ether oxygens (including phenoxy) is 1. The fourth-order valence-electron chi connectivity index (χ4n) is 6.09. The molecule has 0 radical (unpaired) electrons. The molecular weight excluding hydrogens is 495 g/mol. The van der Waals surface area contributed by atoms with Gasteiger partial charge in [-0.3, -0.25) is 19.2 Å². The number of nitrogens with zero attached hydrogens (tertiary/aromatic N) is 2. The topological polar surface area (TPSA) is 141 Å². The molecule has 4 fully saturated rings. The number of nitrogens with one attached hydrogen (secondary N) is 3. The molecule has 204 valence electrons. The molecule has 10 nitrogen and oxygen atoms in total. The van der Waals surface area contributed by atoms with Crippen LogP contribution in [0.25, 0.3) is 0 Å². The first-order chi connectivity index (χ1) is 17.3. The van der Waals surface area contributed by atoms with Crippen LogP contribution in [0.15, 0.2) is 0 Å². The van der Waals surface area contributed by atoms with Gasteiger partial charge in [-0.1, -0.05) is 13.8 Å². The first-order valence-corrected chi connectivity index (χ1v) is 12.5. The summed E-state index contributed by atoms with van der Waals surface area (Å²) in [5.41, 5.74) is -1.56. The molecule has 0 aromatic carbocycles. The molecule has 6 atom stereocenters. The quantitative estimate of drug-likeness (QED) is 0.423. The van der Waals surface area contributed by atoms with Gasteiger partial charge in [0.05, 0.1) is 11.7 Å². The predicted molar refractivity (Wildman–Crippen MR) is 121 cm³/mol. The maximum atomic E-state index is 13.6. The summed E-state index contributed by atoms with van der Waals surface area (Å²) < 4.78 is 44.5. The van der Waals surface area contributed by atoms with Gasteiger partial charge in [0.25, 0.3) is 0 Å². The van der Waals surface area contributed by atoms with Crippen LogP contribution in [-0.2, 0) is 23.9 Å². The summed E-state index contributed by atoms with van der Waals surface area (Å²) in [7, 11) is 1.26. The minimum atomic E-state index is -5.19. The lowest BCUT2D eigenvalue weighted by Crippen LogP contribution is -2.62. The number of hydrogen-bond donors (Lipinski definition) is 3. The highest BCUT2D eigenvalue weighted by Crippen LogP contribution is 2.65. The molecule has 3 N–H and O–H groups in total. The third kappa shape index (κ3) is 5.00. The summed E-state index contributed by atoms with van der Waals surface area (Å²) in [6.07, 6.45) is -3.17. The first kappa shape index (κ1) is 27.2. The number of carbonyl (C=O) groups excluding carboxylic acids is 4. The van der Waals surface area contributed by atoms with Crippen molar-refractivity contribution in [2.24, 2.45) is 23.2 Å². The fraction of sp³-hybridized carbons (Fsp3) is 0.792. The molecule has 4 aliphatic rings.